The molecule has 340 valence electrons. The lowest BCUT2D eigenvalue weighted by Gasteiger charge is -2.33. The van der Waals surface area contributed by atoms with Crippen LogP contribution in [-0.4, -0.2) is 78.5 Å². The number of likely N-dealkylation sites (N-methyl/N-ethyl adjacent to an activating group) is 1. The number of benzene rings is 3. The van der Waals surface area contributed by atoms with Crippen LogP contribution < -0.4 is 15.6 Å². The summed E-state index contributed by atoms with van der Waals surface area (Å²) in [7, 11) is -6.08. The van der Waals surface area contributed by atoms with Gasteiger partial charge < -0.3 is 5.32 Å². The van der Waals surface area contributed by atoms with E-state index in [4.69, 9.17) is 16.6 Å². The van der Waals surface area contributed by atoms with Gasteiger partial charge in [-0.1, -0.05) is 29.8 Å². The molecular formula is C42H35ClF6N8O6S2. The molecule has 1 amide bonds. The summed E-state index contributed by atoms with van der Waals surface area (Å²) in [6.45, 7) is -1.01. The summed E-state index contributed by atoms with van der Waals surface area (Å²) < 4.78 is 143. The second-order valence-corrected chi connectivity index (χ2v) is 20.6. The third kappa shape index (κ3) is 7.98. The Morgan fingerprint density at radius 2 is 1.69 bits per heavy atom. The van der Waals surface area contributed by atoms with Crippen molar-refractivity contribution in [2.75, 3.05) is 19.6 Å². The van der Waals surface area contributed by atoms with Crippen LogP contribution in [0.3, 0.4) is 0 Å². The fraction of sp³-hybridized carbons (Fsp3) is 0.310. The number of rotatable bonds is 11. The minimum atomic E-state index is -3.91. The van der Waals surface area contributed by atoms with E-state index in [2.05, 4.69) is 20.2 Å². The van der Waals surface area contributed by atoms with Gasteiger partial charge in [0, 0.05) is 42.3 Å². The van der Waals surface area contributed by atoms with Crippen molar-refractivity contribution in [1.29, 1.82) is 0 Å². The second kappa shape index (κ2) is 15.6. The van der Waals surface area contributed by atoms with Crippen LogP contribution in [0.4, 0.5) is 26.3 Å². The predicted molar refractivity (Wildman–Crippen MR) is 226 cm³/mol. The number of sulfonamides is 1. The number of hydrazone groups is 1. The maximum Gasteiger partial charge on any atom is 0.293 e. The first kappa shape index (κ1) is 44.2. The lowest BCUT2D eigenvalue weighted by molar-refractivity contribution is -0.123. The molecule has 1 fully saturated rings. The molecule has 3 aliphatic carbocycles. The fourth-order valence-electron chi connectivity index (χ4n) is 9.05. The molecule has 0 radical (unpaired) electrons. The van der Waals surface area contributed by atoms with Crippen molar-refractivity contribution in [3.63, 3.8) is 0 Å². The summed E-state index contributed by atoms with van der Waals surface area (Å²) in [5, 5.41) is 12.2. The van der Waals surface area contributed by atoms with Gasteiger partial charge in [0.15, 0.2) is 9.84 Å². The molecule has 2 aromatic heterocycles. The predicted octanol–water partition coefficient (Wildman–Crippen LogP) is 5.96. The van der Waals surface area contributed by atoms with Crippen LogP contribution in [-0.2, 0) is 43.5 Å². The smallest absolute Gasteiger partial charge is 0.293 e. The van der Waals surface area contributed by atoms with Crippen LogP contribution in [0.25, 0.3) is 27.7 Å². The Kier molecular flexibility index (Phi) is 10.6. The van der Waals surface area contributed by atoms with Crippen LogP contribution in [0.2, 0.25) is 0 Å². The zero-order valence-electron chi connectivity index (χ0n) is 34.1. The van der Waals surface area contributed by atoms with E-state index in [-0.39, 0.29) is 55.7 Å². The van der Waals surface area contributed by atoms with Crippen molar-refractivity contribution in [3.8, 4) is 11.1 Å². The van der Waals surface area contributed by atoms with Crippen molar-refractivity contribution in [2.24, 2.45) is 16.9 Å². The molecule has 4 aliphatic rings. The van der Waals surface area contributed by atoms with E-state index in [0.717, 1.165) is 29.2 Å². The number of hydrogen-bond donors (Lipinski definition) is 2. The second-order valence-electron chi connectivity index (χ2n) is 16.4. The topological polar surface area (TPSA) is 178 Å². The molecular weight excluding hydrogens is 926 g/mol. The lowest BCUT2D eigenvalue weighted by Crippen LogP contribution is -2.44. The average Bonchev–Trinajstić information content (AvgIpc) is 3.75. The van der Waals surface area contributed by atoms with Gasteiger partial charge in [0.25, 0.3) is 17.9 Å². The van der Waals surface area contributed by atoms with Crippen LogP contribution in [0, 0.1) is 23.5 Å². The van der Waals surface area contributed by atoms with Gasteiger partial charge in [-0.2, -0.15) is 19.0 Å². The fourth-order valence-corrected chi connectivity index (χ4v) is 10.5. The molecule has 5 atom stereocenters. The number of nitrogens with zero attached hydrogens (tertiary/aromatic N) is 6. The highest BCUT2D eigenvalue weighted by atomic mass is 35.5. The number of nitrogens with one attached hydrogen (secondary N) is 2. The molecule has 5 aromatic rings. The maximum absolute atomic E-state index is 15.6. The Morgan fingerprint density at radius 3 is 2.37 bits per heavy atom. The number of alkyl halides is 4. The summed E-state index contributed by atoms with van der Waals surface area (Å²) in [4.78, 5) is 34.2. The summed E-state index contributed by atoms with van der Waals surface area (Å²) >= 11 is 6.68. The molecule has 14 nitrogen and oxygen atoms in total. The monoisotopic (exact) mass is 960 g/mol. The van der Waals surface area contributed by atoms with Crippen molar-refractivity contribution in [3.05, 3.63) is 128 Å². The van der Waals surface area contributed by atoms with Gasteiger partial charge in [0.05, 0.1) is 39.7 Å². The number of sulfone groups is 1. The number of aromatic nitrogens is 4. The number of amides is 1. The van der Waals surface area contributed by atoms with Gasteiger partial charge in [-0.05, 0) is 77.6 Å². The first-order valence-corrected chi connectivity index (χ1v) is 23.9. The Morgan fingerprint density at radius 1 is 0.985 bits per heavy atom. The van der Waals surface area contributed by atoms with Crippen LogP contribution in [0.15, 0.2) is 92.6 Å². The number of allylic oxidation sites excluding steroid dienone is 2. The Labute approximate surface area is 371 Å². The van der Waals surface area contributed by atoms with E-state index in [0.29, 0.717) is 21.9 Å². The summed E-state index contributed by atoms with van der Waals surface area (Å²) in [5.74, 6) is -10.1. The summed E-state index contributed by atoms with van der Waals surface area (Å²) in [6, 6.07) is 10.4. The Bertz CT molecular complexity index is 3250. The zero-order chi connectivity index (χ0) is 46.7. The molecule has 2 N–H and O–H groups in total. The van der Waals surface area contributed by atoms with Crippen LogP contribution in [0.5, 0.6) is 0 Å². The quantitative estimate of drug-likeness (QED) is 0.151. The zero-order valence-corrected chi connectivity index (χ0v) is 36.5. The summed E-state index contributed by atoms with van der Waals surface area (Å²) in [6.07, 6.45) is 1.02. The lowest BCUT2D eigenvalue weighted by atomic mass is 9.91. The highest BCUT2D eigenvalue weighted by Gasteiger charge is 2.67. The van der Waals surface area contributed by atoms with Crippen molar-refractivity contribution in [2.45, 2.75) is 54.6 Å². The number of fused-ring (bicyclic) bond motifs is 5. The minimum absolute atomic E-state index is 0.000640. The summed E-state index contributed by atoms with van der Waals surface area (Å²) in [5.41, 5.74) is -1.93. The molecule has 2 unspecified atom stereocenters. The number of carbonyl (C=O) groups excluding carboxylic acids is 1. The van der Waals surface area contributed by atoms with Crippen LogP contribution in [0.1, 0.15) is 53.1 Å². The standard InChI is InChI=1S/C42H35ClF6N8O6S2/c1-55-36-31(10-9-28(43)34(36)39(53-55)54-65(3,62)63)57-40(51-29-15-21(7-8-25(29)41(57)59)20-5-4-6-24(14-20)64(2,60)61)30(13-19-11-22(44)16-23(45)12-19)50-32(58)18-56-37-33(35(52-56)38(46)47)26-17-27(26)42(37,48)49/h4-12,14-16,26-27,30,34,36,38H,13,17-18H2,1-3H3,(H,50,58)(H,53,54)/t26-,27+,30-,34?,36?/m0/s1. The van der Waals surface area contributed by atoms with E-state index < -0.39 is 110 Å². The number of halogens is 7. The highest BCUT2D eigenvalue weighted by molar-refractivity contribution is 7.90. The Balaban J connectivity index is 1.22. The Hall–Kier alpha value is -6.00. The molecule has 9 rings (SSSR count). The van der Waals surface area contributed by atoms with Gasteiger partial charge in [0.2, 0.25) is 15.9 Å². The highest BCUT2D eigenvalue weighted by Crippen LogP contribution is 2.68. The molecule has 0 bridgehead atoms. The molecule has 1 saturated carbocycles. The molecule has 3 aromatic carbocycles. The first-order valence-electron chi connectivity index (χ1n) is 19.8. The SMILES string of the molecule is CN1N=C(NS(C)(=O)=O)C2C(Cl)=CC=C(n3c([C@H](Cc4cc(F)cc(F)c4)NC(=O)Cn4nc(C(F)F)c5c4C(F)(F)[C@@H]4C[C@H]54)nc4cc(-c5cccc(S(C)(=O)=O)c5)ccc4c3=O)C21. The maximum atomic E-state index is 15.6. The average molecular weight is 961 g/mol. The number of carbonyl (C=O) groups is 1. The van der Waals surface area contributed by atoms with E-state index >= 15 is 13.6 Å². The largest absolute Gasteiger partial charge is 0.344 e. The van der Waals surface area contributed by atoms with Crippen molar-refractivity contribution >= 4 is 59.8 Å². The third-order valence-electron chi connectivity index (χ3n) is 11.8. The van der Waals surface area contributed by atoms with E-state index in [1.54, 1.807) is 12.1 Å². The normalized spacial score (nSPS) is 21.3. The molecule has 23 heteroatoms. The first-order chi connectivity index (χ1) is 30.5. The third-order valence-corrected chi connectivity index (χ3v) is 13.9. The number of hydrogen-bond acceptors (Lipinski definition) is 10. The molecule has 3 heterocycles. The van der Waals surface area contributed by atoms with E-state index in [1.165, 1.54) is 54.5 Å². The molecule has 0 spiro atoms. The van der Waals surface area contributed by atoms with E-state index in [1.807, 2.05) is 0 Å². The van der Waals surface area contributed by atoms with Crippen molar-refractivity contribution < 1.29 is 48.0 Å². The number of amidine groups is 1. The molecule has 1 aliphatic heterocycles. The van der Waals surface area contributed by atoms with Gasteiger partial charge >= 0.3 is 0 Å². The minimum Gasteiger partial charge on any atom is -0.344 e. The van der Waals surface area contributed by atoms with Gasteiger partial charge in [-0.25, -0.2) is 39.4 Å². The van der Waals surface area contributed by atoms with Gasteiger partial charge in [-0.3, -0.25) is 28.6 Å². The molecule has 65 heavy (non-hydrogen) atoms. The molecule has 0 saturated heterocycles. The van der Waals surface area contributed by atoms with Gasteiger partial charge in [0.1, 0.15) is 47.3 Å². The van der Waals surface area contributed by atoms with E-state index in [9.17, 15) is 39.2 Å². The van der Waals surface area contributed by atoms with Crippen molar-refractivity contribution in [1.82, 2.24) is 34.4 Å². The van der Waals surface area contributed by atoms with Gasteiger partial charge in [-0.15, -0.1) is 0 Å². The van der Waals surface area contributed by atoms with Crippen LogP contribution >= 0.6 is 11.6 Å².